The zero-order chi connectivity index (χ0) is 11.4. The molecule has 1 aromatic heterocycles. The van der Waals surface area contributed by atoms with Crippen molar-refractivity contribution in [2.75, 3.05) is 33.2 Å². The third kappa shape index (κ3) is 3.27. The van der Waals surface area contributed by atoms with Crippen molar-refractivity contribution < 1.29 is 0 Å². The minimum Gasteiger partial charge on any atom is -0.304 e. The summed E-state index contributed by atoms with van der Waals surface area (Å²) in [6, 6.07) is 2.18. The molecular formula is C12H20N4. The Morgan fingerprint density at radius 1 is 1.25 bits per heavy atom. The predicted octanol–water partition coefficient (Wildman–Crippen LogP) is 0.642. The van der Waals surface area contributed by atoms with Gasteiger partial charge in [-0.25, -0.2) is 5.01 Å². The third-order valence-corrected chi connectivity index (χ3v) is 2.94. The van der Waals surface area contributed by atoms with Crippen LogP contribution in [0.5, 0.6) is 0 Å². The van der Waals surface area contributed by atoms with Crippen molar-refractivity contribution in [2.24, 2.45) is 0 Å². The number of rotatable bonds is 3. The molecule has 2 rings (SSSR count). The van der Waals surface area contributed by atoms with E-state index in [-0.39, 0.29) is 0 Å². The highest BCUT2D eigenvalue weighted by atomic mass is 15.5. The number of nitrogens with one attached hydrogen (secondary N) is 1. The van der Waals surface area contributed by atoms with Crippen LogP contribution in [0.4, 0.5) is 0 Å². The summed E-state index contributed by atoms with van der Waals surface area (Å²) in [4.78, 5) is 6.55. The molecular weight excluding hydrogens is 200 g/mol. The summed E-state index contributed by atoms with van der Waals surface area (Å²) in [5, 5.41) is 2.29. The molecule has 1 aromatic rings. The molecule has 4 heteroatoms. The monoisotopic (exact) mass is 220 g/mol. The van der Waals surface area contributed by atoms with Crippen LogP contribution in [-0.2, 0) is 6.54 Å². The average Bonchev–Trinajstić information content (AvgIpc) is 2.28. The lowest BCUT2D eigenvalue weighted by Crippen LogP contribution is -2.50. The summed E-state index contributed by atoms with van der Waals surface area (Å²) in [7, 11) is 2.17. The van der Waals surface area contributed by atoms with E-state index in [2.05, 4.69) is 40.4 Å². The second kappa shape index (κ2) is 5.39. The molecule has 4 nitrogen and oxygen atoms in total. The minimum absolute atomic E-state index is 0.873. The lowest BCUT2D eigenvalue weighted by molar-refractivity contribution is 0.102. The first-order valence-corrected chi connectivity index (χ1v) is 5.81. The zero-order valence-corrected chi connectivity index (χ0v) is 10.1. The lowest BCUT2D eigenvalue weighted by Gasteiger charge is -2.32. The molecule has 0 atom stereocenters. The highest BCUT2D eigenvalue weighted by Crippen LogP contribution is 2.02. The van der Waals surface area contributed by atoms with Crippen LogP contribution in [0.25, 0.3) is 0 Å². The fraction of sp³-hybridized carbons (Fsp3) is 0.583. The topological polar surface area (TPSA) is 31.4 Å². The van der Waals surface area contributed by atoms with Crippen LogP contribution in [0, 0.1) is 6.92 Å². The first-order valence-electron chi connectivity index (χ1n) is 5.81. The normalized spacial score (nSPS) is 18.9. The van der Waals surface area contributed by atoms with E-state index in [4.69, 9.17) is 0 Å². The molecule has 88 valence electrons. The van der Waals surface area contributed by atoms with Gasteiger partial charge in [-0.1, -0.05) is 6.07 Å². The van der Waals surface area contributed by atoms with Crippen LogP contribution in [0.1, 0.15) is 11.1 Å². The number of aromatic nitrogens is 1. The molecule has 1 aliphatic rings. The van der Waals surface area contributed by atoms with Gasteiger partial charge in [0, 0.05) is 45.1 Å². The number of piperazine rings is 1. The minimum atomic E-state index is 0.873. The standard InChI is InChI=1S/C12H20N4/c1-11-7-12(9-13-8-11)10-14-16-5-3-15(2)4-6-16/h7-9,14H,3-6,10H2,1-2H3. The van der Waals surface area contributed by atoms with Gasteiger partial charge in [0.05, 0.1) is 0 Å². The quantitative estimate of drug-likeness (QED) is 0.810. The highest BCUT2D eigenvalue weighted by molar-refractivity contribution is 5.16. The van der Waals surface area contributed by atoms with E-state index in [1.807, 2.05) is 12.4 Å². The molecule has 2 heterocycles. The number of nitrogens with zero attached hydrogens (tertiary/aromatic N) is 3. The van der Waals surface area contributed by atoms with Crippen molar-refractivity contribution in [3.63, 3.8) is 0 Å². The van der Waals surface area contributed by atoms with Crippen molar-refractivity contribution in [1.82, 2.24) is 20.3 Å². The van der Waals surface area contributed by atoms with Gasteiger partial charge in [-0.2, -0.15) is 0 Å². The molecule has 0 unspecified atom stereocenters. The second-order valence-corrected chi connectivity index (χ2v) is 4.50. The number of hydrazine groups is 1. The Hall–Kier alpha value is -0.970. The zero-order valence-electron chi connectivity index (χ0n) is 10.1. The van der Waals surface area contributed by atoms with Gasteiger partial charge in [-0.15, -0.1) is 0 Å². The number of hydrogen-bond donors (Lipinski definition) is 1. The first-order chi connectivity index (χ1) is 7.74. The Morgan fingerprint density at radius 3 is 2.69 bits per heavy atom. The van der Waals surface area contributed by atoms with Gasteiger partial charge in [-0.3, -0.25) is 10.4 Å². The van der Waals surface area contributed by atoms with E-state index >= 15 is 0 Å². The molecule has 0 amide bonds. The Balaban J connectivity index is 1.79. The van der Waals surface area contributed by atoms with E-state index in [0.717, 1.165) is 32.7 Å². The second-order valence-electron chi connectivity index (χ2n) is 4.50. The maximum Gasteiger partial charge on any atom is 0.0368 e. The van der Waals surface area contributed by atoms with E-state index in [9.17, 15) is 0 Å². The molecule has 1 fully saturated rings. The molecule has 0 radical (unpaired) electrons. The summed E-state index contributed by atoms with van der Waals surface area (Å²) < 4.78 is 0. The fourth-order valence-electron chi connectivity index (χ4n) is 1.88. The van der Waals surface area contributed by atoms with Crippen molar-refractivity contribution in [3.8, 4) is 0 Å². The van der Waals surface area contributed by atoms with E-state index in [1.165, 1.54) is 11.1 Å². The summed E-state index contributed by atoms with van der Waals surface area (Å²) >= 11 is 0. The molecule has 0 bridgehead atoms. The van der Waals surface area contributed by atoms with Crippen LogP contribution in [0.3, 0.4) is 0 Å². The first kappa shape index (κ1) is 11.5. The maximum absolute atomic E-state index is 4.19. The Bertz CT molecular complexity index is 332. The summed E-state index contributed by atoms with van der Waals surface area (Å²) in [6.45, 7) is 7.41. The molecule has 1 N–H and O–H groups in total. The van der Waals surface area contributed by atoms with Gasteiger partial charge < -0.3 is 4.90 Å². The molecule has 1 saturated heterocycles. The van der Waals surface area contributed by atoms with Crippen LogP contribution >= 0.6 is 0 Å². The van der Waals surface area contributed by atoms with Crippen LogP contribution in [-0.4, -0.2) is 48.1 Å². The predicted molar refractivity (Wildman–Crippen MR) is 64.9 cm³/mol. The van der Waals surface area contributed by atoms with Crippen LogP contribution in [0.15, 0.2) is 18.5 Å². The van der Waals surface area contributed by atoms with E-state index in [1.54, 1.807) is 0 Å². The third-order valence-electron chi connectivity index (χ3n) is 2.94. The summed E-state index contributed by atoms with van der Waals surface area (Å²) in [5.41, 5.74) is 5.92. The largest absolute Gasteiger partial charge is 0.304 e. The molecule has 0 aliphatic carbocycles. The van der Waals surface area contributed by atoms with Crippen LogP contribution < -0.4 is 5.43 Å². The smallest absolute Gasteiger partial charge is 0.0368 e. The number of pyridine rings is 1. The van der Waals surface area contributed by atoms with E-state index in [0.29, 0.717) is 0 Å². The van der Waals surface area contributed by atoms with Crippen molar-refractivity contribution >= 4 is 0 Å². The Kier molecular flexibility index (Phi) is 3.88. The van der Waals surface area contributed by atoms with Crippen LogP contribution in [0.2, 0.25) is 0 Å². The summed E-state index contributed by atoms with van der Waals surface area (Å²) in [6.07, 6.45) is 3.81. The van der Waals surface area contributed by atoms with Gasteiger partial charge in [0.15, 0.2) is 0 Å². The molecule has 1 aliphatic heterocycles. The molecule has 0 saturated carbocycles. The number of likely N-dealkylation sites (N-methyl/N-ethyl adjacent to an activating group) is 1. The van der Waals surface area contributed by atoms with Crippen molar-refractivity contribution in [1.29, 1.82) is 0 Å². The van der Waals surface area contributed by atoms with Gasteiger partial charge >= 0.3 is 0 Å². The fourth-order valence-corrected chi connectivity index (χ4v) is 1.88. The molecule has 0 aromatic carbocycles. The highest BCUT2D eigenvalue weighted by Gasteiger charge is 2.12. The lowest BCUT2D eigenvalue weighted by atomic mass is 10.2. The Morgan fingerprint density at radius 2 is 2.00 bits per heavy atom. The number of hydrogen-bond acceptors (Lipinski definition) is 4. The van der Waals surface area contributed by atoms with Crippen molar-refractivity contribution in [2.45, 2.75) is 13.5 Å². The SMILES string of the molecule is Cc1cncc(CNN2CCN(C)CC2)c1. The maximum atomic E-state index is 4.19. The van der Waals surface area contributed by atoms with E-state index < -0.39 is 0 Å². The molecule has 0 spiro atoms. The van der Waals surface area contributed by atoms with Gasteiger partial charge in [0.1, 0.15) is 0 Å². The molecule has 16 heavy (non-hydrogen) atoms. The van der Waals surface area contributed by atoms with Gasteiger partial charge in [0.2, 0.25) is 0 Å². The average molecular weight is 220 g/mol. The Labute approximate surface area is 97.2 Å². The van der Waals surface area contributed by atoms with Crippen molar-refractivity contribution in [3.05, 3.63) is 29.6 Å². The summed E-state index contributed by atoms with van der Waals surface area (Å²) in [5.74, 6) is 0. The number of aryl methyl sites for hydroxylation is 1. The van der Waals surface area contributed by atoms with Gasteiger partial charge in [0.25, 0.3) is 0 Å². The van der Waals surface area contributed by atoms with Gasteiger partial charge in [-0.05, 0) is 25.1 Å².